The first-order chi connectivity index (χ1) is 13.9. The van der Waals surface area contributed by atoms with Gasteiger partial charge in [-0.2, -0.15) is 0 Å². The zero-order valence-corrected chi connectivity index (χ0v) is 18.0. The molecule has 2 aliphatic rings. The van der Waals surface area contributed by atoms with Gasteiger partial charge in [0.15, 0.2) is 0 Å². The van der Waals surface area contributed by atoms with Crippen LogP contribution in [0.25, 0.3) is 10.8 Å². The van der Waals surface area contributed by atoms with Crippen molar-refractivity contribution in [3.8, 4) is 10.8 Å². The second kappa shape index (κ2) is 6.77. The molecule has 0 spiro atoms. The molecule has 3 heterocycles. The number of carbonyl (C=O) groups is 2. The fourth-order valence-corrected chi connectivity index (χ4v) is 5.21. The molecule has 9 heteroatoms. The van der Waals surface area contributed by atoms with E-state index in [0.717, 1.165) is 38.4 Å². The molecule has 1 aliphatic carbocycles. The number of benzene rings is 1. The fourth-order valence-electron chi connectivity index (χ4n) is 3.90. The Labute approximate surface area is 179 Å². The van der Waals surface area contributed by atoms with Crippen molar-refractivity contribution < 1.29 is 14.0 Å². The smallest absolute Gasteiger partial charge is 0.325 e. The van der Waals surface area contributed by atoms with Crippen molar-refractivity contribution in [2.75, 3.05) is 0 Å². The van der Waals surface area contributed by atoms with E-state index in [-0.39, 0.29) is 18.3 Å². The molecule has 29 heavy (non-hydrogen) atoms. The van der Waals surface area contributed by atoms with E-state index in [2.05, 4.69) is 37.5 Å². The Morgan fingerprint density at radius 3 is 2.83 bits per heavy atom. The van der Waals surface area contributed by atoms with Crippen molar-refractivity contribution >= 4 is 39.2 Å². The van der Waals surface area contributed by atoms with Gasteiger partial charge < -0.3 is 9.73 Å². The number of imide groups is 1. The molecule has 1 atom stereocenters. The molecule has 0 bridgehead atoms. The van der Waals surface area contributed by atoms with Crippen molar-refractivity contribution in [1.29, 1.82) is 0 Å². The molecule has 7 nitrogen and oxygen atoms in total. The number of amides is 3. The van der Waals surface area contributed by atoms with Crippen LogP contribution in [0, 0.1) is 0 Å². The Morgan fingerprint density at radius 2 is 2.03 bits per heavy atom. The number of hydrogen-bond acceptors (Lipinski definition) is 6. The van der Waals surface area contributed by atoms with Crippen molar-refractivity contribution in [3.63, 3.8) is 0 Å². The first kappa shape index (κ1) is 18.5. The van der Waals surface area contributed by atoms with Gasteiger partial charge in [0, 0.05) is 0 Å². The van der Waals surface area contributed by atoms with E-state index in [0.29, 0.717) is 5.89 Å². The quantitative estimate of drug-likeness (QED) is 0.579. The van der Waals surface area contributed by atoms with Gasteiger partial charge in [0.2, 0.25) is 5.89 Å². The largest absolute Gasteiger partial charge is 0.418 e. The lowest BCUT2D eigenvalue weighted by atomic mass is 9.90. The first-order valence-corrected chi connectivity index (χ1v) is 10.9. The van der Waals surface area contributed by atoms with Crippen molar-refractivity contribution in [2.24, 2.45) is 0 Å². The summed E-state index contributed by atoms with van der Waals surface area (Å²) in [6.45, 7) is 1.68. The van der Waals surface area contributed by atoms with Gasteiger partial charge >= 0.3 is 6.03 Å². The van der Waals surface area contributed by atoms with Crippen LogP contribution in [0.15, 0.2) is 38.5 Å². The van der Waals surface area contributed by atoms with E-state index < -0.39 is 11.6 Å². The van der Waals surface area contributed by atoms with E-state index in [1.54, 1.807) is 6.92 Å². The minimum absolute atomic E-state index is 0.0647. The molecule has 0 saturated carbocycles. The van der Waals surface area contributed by atoms with Gasteiger partial charge in [0.05, 0.1) is 8.66 Å². The Morgan fingerprint density at radius 1 is 1.21 bits per heavy atom. The molecule has 1 aliphatic heterocycles. The third kappa shape index (κ3) is 3.08. The van der Waals surface area contributed by atoms with Crippen LogP contribution in [0.1, 0.15) is 35.9 Å². The predicted octanol–water partition coefficient (Wildman–Crippen LogP) is 4.02. The number of fused-ring (bicyclic) bond motifs is 1. The molecule has 3 aromatic rings. The highest BCUT2D eigenvalue weighted by molar-refractivity contribution is 9.11. The van der Waals surface area contributed by atoms with Crippen LogP contribution in [-0.4, -0.2) is 27.0 Å². The third-order valence-electron chi connectivity index (χ3n) is 5.50. The molecule has 2 aromatic heterocycles. The zero-order chi connectivity index (χ0) is 20.2. The maximum atomic E-state index is 13.2. The van der Waals surface area contributed by atoms with E-state index in [1.165, 1.54) is 22.5 Å². The van der Waals surface area contributed by atoms with E-state index in [9.17, 15) is 9.59 Å². The van der Waals surface area contributed by atoms with Crippen molar-refractivity contribution in [3.05, 3.63) is 56.7 Å². The maximum absolute atomic E-state index is 13.2. The van der Waals surface area contributed by atoms with E-state index in [1.807, 2.05) is 24.3 Å². The summed E-state index contributed by atoms with van der Waals surface area (Å²) in [6.07, 6.45) is 3.20. The Kier molecular flexibility index (Phi) is 4.32. The summed E-state index contributed by atoms with van der Waals surface area (Å²) in [7, 11) is 0. The van der Waals surface area contributed by atoms with Crippen LogP contribution >= 0.6 is 27.3 Å². The number of urea groups is 1. The summed E-state index contributed by atoms with van der Waals surface area (Å²) in [5.74, 6) is 0.259. The van der Waals surface area contributed by atoms with Gasteiger partial charge in [0.1, 0.15) is 12.1 Å². The summed E-state index contributed by atoms with van der Waals surface area (Å²) < 4.78 is 6.62. The van der Waals surface area contributed by atoms with Gasteiger partial charge in [0.25, 0.3) is 11.8 Å². The summed E-state index contributed by atoms with van der Waals surface area (Å²) >= 11 is 4.86. The predicted molar refractivity (Wildman–Crippen MR) is 110 cm³/mol. The van der Waals surface area contributed by atoms with E-state index in [4.69, 9.17) is 4.42 Å². The van der Waals surface area contributed by atoms with Gasteiger partial charge in [-0.05, 0) is 70.9 Å². The maximum Gasteiger partial charge on any atom is 0.325 e. The average molecular weight is 473 g/mol. The monoisotopic (exact) mass is 472 g/mol. The molecule has 0 radical (unpaired) electrons. The Hall–Kier alpha value is -2.52. The highest BCUT2D eigenvalue weighted by Gasteiger charge is 2.49. The van der Waals surface area contributed by atoms with Crippen LogP contribution in [-0.2, 0) is 29.7 Å². The van der Waals surface area contributed by atoms with Crippen LogP contribution in [0.3, 0.4) is 0 Å². The van der Waals surface area contributed by atoms with Gasteiger partial charge in [-0.15, -0.1) is 21.5 Å². The number of hydrogen-bond donors (Lipinski definition) is 1. The molecule has 1 N–H and O–H groups in total. The number of aryl methyl sites for hydroxylation is 2. The molecule has 148 valence electrons. The minimum atomic E-state index is -1.10. The Balaban J connectivity index is 1.39. The Bertz CT molecular complexity index is 1140. The lowest BCUT2D eigenvalue weighted by Gasteiger charge is -2.23. The minimum Gasteiger partial charge on any atom is -0.418 e. The molecular weight excluding hydrogens is 456 g/mol. The SMILES string of the molecule is C[C@]1(c2ccc3c(c2)CCC3)NC(=O)N(Cc2nnc(-c3ccc(Br)s3)o2)C1=O. The lowest BCUT2D eigenvalue weighted by molar-refractivity contribution is -0.131. The summed E-state index contributed by atoms with van der Waals surface area (Å²) in [5, 5.41) is 10.9. The molecule has 1 saturated heterocycles. The lowest BCUT2D eigenvalue weighted by Crippen LogP contribution is -2.41. The highest BCUT2D eigenvalue weighted by atomic mass is 79.9. The van der Waals surface area contributed by atoms with E-state index >= 15 is 0 Å². The van der Waals surface area contributed by atoms with Crippen molar-refractivity contribution in [2.45, 2.75) is 38.3 Å². The van der Waals surface area contributed by atoms with Crippen LogP contribution in [0.4, 0.5) is 4.79 Å². The molecule has 5 rings (SSSR count). The fraction of sp³-hybridized carbons (Fsp3) is 0.300. The van der Waals surface area contributed by atoms with Crippen LogP contribution in [0.2, 0.25) is 0 Å². The van der Waals surface area contributed by atoms with Crippen LogP contribution < -0.4 is 5.32 Å². The first-order valence-electron chi connectivity index (χ1n) is 9.28. The second-order valence-corrected chi connectivity index (χ2v) is 9.85. The van der Waals surface area contributed by atoms with Gasteiger partial charge in [-0.25, -0.2) is 4.79 Å². The number of rotatable bonds is 4. The number of thiophene rings is 1. The number of aromatic nitrogens is 2. The number of carbonyl (C=O) groups excluding carboxylic acids is 2. The molecule has 3 amide bonds. The zero-order valence-electron chi connectivity index (χ0n) is 15.6. The average Bonchev–Trinajstić information content (AvgIpc) is 3.47. The molecular formula is C20H17BrN4O3S. The topological polar surface area (TPSA) is 88.3 Å². The highest BCUT2D eigenvalue weighted by Crippen LogP contribution is 2.34. The van der Waals surface area contributed by atoms with Gasteiger partial charge in [-0.1, -0.05) is 18.2 Å². The molecule has 1 fully saturated rings. The number of nitrogens with one attached hydrogen (secondary N) is 1. The van der Waals surface area contributed by atoms with Crippen molar-refractivity contribution in [1.82, 2.24) is 20.4 Å². The normalized spacial score (nSPS) is 21.0. The van der Waals surface area contributed by atoms with Crippen LogP contribution in [0.5, 0.6) is 0 Å². The number of nitrogens with zero attached hydrogens (tertiary/aromatic N) is 3. The molecule has 0 unspecified atom stereocenters. The summed E-state index contributed by atoms with van der Waals surface area (Å²) in [6, 6.07) is 9.34. The summed E-state index contributed by atoms with van der Waals surface area (Å²) in [5.41, 5.74) is 2.28. The molecule has 1 aromatic carbocycles. The summed E-state index contributed by atoms with van der Waals surface area (Å²) in [4.78, 5) is 27.7. The number of halogens is 1. The standard InChI is InChI=1S/C20H17BrN4O3S/c1-20(13-6-5-11-3-2-4-12(11)9-13)18(26)25(19(27)22-20)10-16-23-24-17(28-16)14-7-8-15(21)29-14/h5-9H,2-4,10H2,1H3,(H,22,27)/t20-/m1/s1. The third-order valence-corrected chi connectivity index (χ3v) is 7.11. The second-order valence-electron chi connectivity index (χ2n) is 7.39. The van der Waals surface area contributed by atoms with Gasteiger partial charge in [-0.3, -0.25) is 9.69 Å².